The van der Waals surface area contributed by atoms with Crippen LogP contribution in [0.2, 0.25) is 0 Å². The van der Waals surface area contributed by atoms with Crippen LogP contribution in [0.4, 0.5) is 4.39 Å². The van der Waals surface area contributed by atoms with E-state index in [0.717, 1.165) is 6.07 Å². The van der Waals surface area contributed by atoms with Gasteiger partial charge in [-0.1, -0.05) is 5.16 Å². The molecule has 0 saturated heterocycles. The number of aromatic nitrogens is 4. The van der Waals surface area contributed by atoms with Crippen molar-refractivity contribution in [2.24, 2.45) is 0 Å². The molecule has 0 amide bonds. The monoisotopic (exact) mass is 258 g/mol. The van der Waals surface area contributed by atoms with Crippen molar-refractivity contribution in [3.63, 3.8) is 0 Å². The number of aromatic hydroxyl groups is 1. The van der Waals surface area contributed by atoms with E-state index in [-0.39, 0.29) is 23.0 Å². The number of halogens is 1. The van der Waals surface area contributed by atoms with Crippen LogP contribution >= 0.6 is 0 Å². The molecule has 0 bridgehead atoms. The molecule has 2 heterocycles. The van der Waals surface area contributed by atoms with Crippen molar-refractivity contribution in [1.82, 2.24) is 20.1 Å². The lowest BCUT2D eigenvalue weighted by Crippen LogP contribution is -1.87. The maximum absolute atomic E-state index is 13.6. The summed E-state index contributed by atoms with van der Waals surface area (Å²) in [6.45, 7) is 0. The minimum absolute atomic E-state index is 0.0195. The van der Waals surface area contributed by atoms with E-state index in [9.17, 15) is 4.39 Å². The first-order valence-electron chi connectivity index (χ1n) is 5.33. The number of phenolic OH excluding ortho intramolecular Hbond substituents is 1. The average molecular weight is 258 g/mol. The second kappa shape index (κ2) is 4.45. The van der Waals surface area contributed by atoms with E-state index in [2.05, 4.69) is 20.1 Å². The van der Waals surface area contributed by atoms with Crippen LogP contribution in [0.15, 0.2) is 41.3 Å². The summed E-state index contributed by atoms with van der Waals surface area (Å²) >= 11 is 0. The van der Waals surface area contributed by atoms with Gasteiger partial charge < -0.3 is 9.63 Å². The Kier molecular flexibility index (Phi) is 2.64. The highest BCUT2D eigenvalue weighted by Gasteiger charge is 2.15. The van der Waals surface area contributed by atoms with Crippen LogP contribution in [-0.2, 0) is 0 Å². The van der Waals surface area contributed by atoms with Crippen LogP contribution in [0, 0.1) is 5.82 Å². The average Bonchev–Trinajstić information content (AvgIpc) is 2.89. The Morgan fingerprint density at radius 3 is 2.84 bits per heavy atom. The van der Waals surface area contributed by atoms with Crippen molar-refractivity contribution in [2.45, 2.75) is 0 Å². The van der Waals surface area contributed by atoms with Crippen LogP contribution in [0.25, 0.3) is 23.0 Å². The lowest BCUT2D eigenvalue weighted by molar-refractivity contribution is 0.428. The van der Waals surface area contributed by atoms with Gasteiger partial charge in [0.05, 0.1) is 5.56 Å². The van der Waals surface area contributed by atoms with Gasteiger partial charge in [0.2, 0.25) is 5.82 Å². The lowest BCUT2D eigenvalue weighted by atomic mass is 10.2. The van der Waals surface area contributed by atoms with E-state index in [4.69, 9.17) is 9.63 Å². The minimum Gasteiger partial charge on any atom is -0.508 e. The predicted octanol–water partition coefficient (Wildman–Crippen LogP) is 2.04. The fourth-order valence-corrected chi connectivity index (χ4v) is 1.54. The molecule has 0 saturated carbocycles. The second-order valence-electron chi connectivity index (χ2n) is 3.68. The Morgan fingerprint density at radius 2 is 2.11 bits per heavy atom. The van der Waals surface area contributed by atoms with Gasteiger partial charge in [0.25, 0.3) is 5.89 Å². The number of rotatable bonds is 2. The molecule has 3 rings (SSSR count). The highest BCUT2D eigenvalue weighted by Crippen LogP contribution is 2.25. The Hall–Kier alpha value is -2.83. The SMILES string of the molecule is Oc1ccc(-c2nc(-c3ccncn3)no2)c(F)c1. The summed E-state index contributed by atoms with van der Waals surface area (Å²) in [6.07, 6.45) is 2.89. The smallest absolute Gasteiger partial charge is 0.261 e. The zero-order valence-corrected chi connectivity index (χ0v) is 9.49. The van der Waals surface area contributed by atoms with Crippen LogP contribution in [-0.4, -0.2) is 25.2 Å². The Balaban J connectivity index is 2.02. The van der Waals surface area contributed by atoms with E-state index >= 15 is 0 Å². The molecular weight excluding hydrogens is 251 g/mol. The largest absolute Gasteiger partial charge is 0.508 e. The van der Waals surface area contributed by atoms with Gasteiger partial charge in [-0.3, -0.25) is 0 Å². The third-order valence-electron chi connectivity index (χ3n) is 2.42. The molecule has 0 radical (unpaired) electrons. The van der Waals surface area contributed by atoms with Gasteiger partial charge in [0, 0.05) is 12.3 Å². The second-order valence-corrected chi connectivity index (χ2v) is 3.68. The fraction of sp³-hybridized carbons (Fsp3) is 0. The molecule has 0 unspecified atom stereocenters. The van der Waals surface area contributed by atoms with Gasteiger partial charge in [-0.25, -0.2) is 14.4 Å². The summed E-state index contributed by atoms with van der Waals surface area (Å²) in [7, 11) is 0. The van der Waals surface area contributed by atoms with Gasteiger partial charge in [-0.05, 0) is 18.2 Å². The molecule has 2 aromatic heterocycles. The highest BCUT2D eigenvalue weighted by molar-refractivity contribution is 5.58. The molecule has 0 atom stereocenters. The maximum Gasteiger partial charge on any atom is 0.261 e. The number of hydrogen-bond donors (Lipinski definition) is 1. The third-order valence-corrected chi connectivity index (χ3v) is 2.42. The van der Waals surface area contributed by atoms with Gasteiger partial charge in [-0.15, -0.1) is 0 Å². The molecule has 1 N–H and O–H groups in total. The van der Waals surface area contributed by atoms with Gasteiger partial charge in [0.1, 0.15) is 23.6 Å². The Morgan fingerprint density at radius 1 is 1.21 bits per heavy atom. The van der Waals surface area contributed by atoms with Crippen molar-refractivity contribution in [3.05, 3.63) is 42.6 Å². The standard InChI is InChI=1S/C12H7FN4O2/c13-9-5-7(18)1-2-8(9)12-16-11(17-19-12)10-3-4-14-6-15-10/h1-6,18H. The van der Waals surface area contributed by atoms with E-state index in [1.807, 2.05) is 0 Å². The van der Waals surface area contributed by atoms with Crippen LogP contribution in [0.1, 0.15) is 0 Å². The molecular formula is C12H7FN4O2. The highest BCUT2D eigenvalue weighted by atomic mass is 19.1. The number of nitrogens with zero attached hydrogens (tertiary/aromatic N) is 4. The van der Waals surface area contributed by atoms with Crippen molar-refractivity contribution in [2.75, 3.05) is 0 Å². The summed E-state index contributed by atoms with van der Waals surface area (Å²) in [4.78, 5) is 11.8. The summed E-state index contributed by atoms with van der Waals surface area (Å²) < 4.78 is 18.6. The van der Waals surface area contributed by atoms with E-state index in [1.165, 1.54) is 18.5 Å². The van der Waals surface area contributed by atoms with Crippen LogP contribution in [0.3, 0.4) is 0 Å². The molecule has 3 aromatic rings. The van der Waals surface area contributed by atoms with Crippen molar-refractivity contribution in [3.8, 4) is 28.7 Å². The van der Waals surface area contributed by atoms with E-state index in [0.29, 0.717) is 5.69 Å². The molecule has 6 nitrogen and oxygen atoms in total. The van der Waals surface area contributed by atoms with E-state index in [1.54, 1.807) is 12.3 Å². The lowest BCUT2D eigenvalue weighted by Gasteiger charge is -1.97. The molecule has 1 aromatic carbocycles. The first kappa shape index (κ1) is 11.3. The summed E-state index contributed by atoms with van der Waals surface area (Å²) in [5.41, 5.74) is 0.592. The molecule has 0 aliphatic rings. The maximum atomic E-state index is 13.6. The molecule has 0 spiro atoms. The molecule has 94 valence electrons. The van der Waals surface area contributed by atoms with Crippen molar-refractivity contribution in [1.29, 1.82) is 0 Å². The number of benzene rings is 1. The normalized spacial score (nSPS) is 10.6. The molecule has 19 heavy (non-hydrogen) atoms. The molecule has 0 aliphatic heterocycles. The molecule has 0 fully saturated rings. The van der Waals surface area contributed by atoms with Gasteiger partial charge >= 0.3 is 0 Å². The fourth-order valence-electron chi connectivity index (χ4n) is 1.54. The van der Waals surface area contributed by atoms with Crippen LogP contribution in [0.5, 0.6) is 5.75 Å². The van der Waals surface area contributed by atoms with Crippen molar-refractivity contribution < 1.29 is 14.0 Å². The number of hydrogen-bond acceptors (Lipinski definition) is 6. The van der Waals surface area contributed by atoms with Gasteiger partial charge in [0.15, 0.2) is 0 Å². The molecule has 0 aliphatic carbocycles. The Bertz CT molecular complexity index is 715. The molecule has 7 heteroatoms. The summed E-state index contributed by atoms with van der Waals surface area (Å²) in [6, 6.07) is 5.29. The third kappa shape index (κ3) is 2.13. The first-order chi connectivity index (χ1) is 9.24. The predicted molar refractivity (Wildman–Crippen MR) is 62.4 cm³/mol. The van der Waals surface area contributed by atoms with E-state index < -0.39 is 5.82 Å². The van der Waals surface area contributed by atoms with Crippen LogP contribution < -0.4 is 0 Å². The quantitative estimate of drug-likeness (QED) is 0.757. The topological polar surface area (TPSA) is 84.9 Å². The minimum atomic E-state index is -0.641. The first-order valence-corrected chi connectivity index (χ1v) is 5.33. The summed E-state index contributed by atoms with van der Waals surface area (Å²) in [5, 5.41) is 12.9. The van der Waals surface area contributed by atoms with Crippen molar-refractivity contribution >= 4 is 0 Å². The number of phenols is 1. The summed E-state index contributed by atoms with van der Waals surface area (Å²) in [5.74, 6) is -0.550. The van der Waals surface area contributed by atoms with Gasteiger partial charge in [-0.2, -0.15) is 4.98 Å². The Labute approximate surface area is 106 Å². The zero-order chi connectivity index (χ0) is 13.2. The zero-order valence-electron chi connectivity index (χ0n) is 9.49.